The van der Waals surface area contributed by atoms with E-state index in [1.807, 2.05) is 19.3 Å². The van der Waals surface area contributed by atoms with Crippen molar-refractivity contribution in [2.24, 2.45) is 11.7 Å². The van der Waals surface area contributed by atoms with Crippen LogP contribution in [-0.2, 0) is 16.6 Å². The first-order chi connectivity index (χ1) is 19.9. The first kappa shape index (κ1) is 29.3. The van der Waals surface area contributed by atoms with Crippen molar-refractivity contribution in [3.63, 3.8) is 0 Å². The standard InChI is InChI=1S/C32H35F2N7O/c1-18-10-20(11-27(36)31(18)40(5)19(2)42)24-8-9-37-15-21(24)12-29-38-16-23-6-7-28(39-41(23)29)30-25(33)13-22(14-26(30)34)32(3,4)17-35/h6-9,13-16,18,20,27,31H,10-12,36H2,1-5H3/t18-,20+,27+,31-/m0/s1. The molecular formula is C32H35F2N7O. The molecule has 4 aromatic rings. The Balaban J connectivity index is 1.46. The predicted octanol–water partition coefficient (Wildman–Crippen LogP) is 5.15. The van der Waals surface area contributed by atoms with Crippen LogP contribution in [0.25, 0.3) is 16.8 Å². The number of rotatable bonds is 6. The lowest BCUT2D eigenvalue weighted by molar-refractivity contribution is -0.131. The summed E-state index contributed by atoms with van der Waals surface area (Å²) in [5, 5.41) is 14.0. The molecule has 0 unspecified atom stereocenters. The van der Waals surface area contributed by atoms with E-state index >= 15 is 8.78 Å². The molecule has 1 aromatic carbocycles. The quantitative estimate of drug-likeness (QED) is 0.343. The summed E-state index contributed by atoms with van der Waals surface area (Å²) in [5.74, 6) is -0.573. The maximum absolute atomic E-state index is 15.2. The molecule has 5 rings (SSSR count). The van der Waals surface area contributed by atoms with Gasteiger partial charge in [-0.15, -0.1) is 0 Å². The van der Waals surface area contributed by atoms with Crippen molar-refractivity contribution >= 4 is 11.4 Å². The second-order valence-electron chi connectivity index (χ2n) is 12.0. The summed E-state index contributed by atoms with van der Waals surface area (Å²) < 4.78 is 32.1. The fourth-order valence-electron chi connectivity index (χ4n) is 6.29. The van der Waals surface area contributed by atoms with Crippen molar-refractivity contribution < 1.29 is 13.6 Å². The molecule has 3 aromatic heterocycles. The first-order valence-electron chi connectivity index (χ1n) is 14.1. The zero-order chi connectivity index (χ0) is 30.3. The molecule has 0 radical (unpaired) electrons. The lowest BCUT2D eigenvalue weighted by atomic mass is 9.72. The van der Waals surface area contributed by atoms with E-state index in [0.717, 1.165) is 24.0 Å². The van der Waals surface area contributed by atoms with Crippen LogP contribution >= 0.6 is 0 Å². The zero-order valence-corrected chi connectivity index (χ0v) is 24.5. The van der Waals surface area contributed by atoms with Crippen LogP contribution in [0, 0.1) is 28.9 Å². The monoisotopic (exact) mass is 571 g/mol. The molecule has 8 nitrogen and oxygen atoms in total. The number of likely N-dealkylation sites (N-methyl/N-ethyl adjacent to an activating group) is 1. The largest absolute Gasteiger partial charge is 0.341 e. The SMILES string of the molecule is CC(=O)N(C)[C@@H]1[C@H](N)C[C@H](c2ccncc2Cc2ncc3ccc(-c4c(F)cc(C(C)(C)C#N)cc4F)nn23)C[C@@H]1C. The Labute approximate surface area is 244 Å². The molecule has 1 fully saturated rings. The molecule has 0 aliphatic heterocycles. The van der Waals surface area contributed by atoms with Gasteiger partial charge in [0, 0.05) is 44.9 Å². The number of nitrogens with zero attached hydrogens (tertiary/aromatic N) is 6. The van der Waals surface area contributed by atoms with Crippen molar-refractivity contribution in [2.75, 3.05) is 7.05 Å². The molecule has 42 heavy (non-hydrogen) atoms. The van der Waals surface area contributed by atoms with Gasteiger partial charge < -0.3 is 10.6 Å². The third-order valence-corrected chi connectivity index (χ3v) is 8.66. The van der Waals surface area contributed by atoms with E-state index in [0.29, 0.717) is 17.8 Å². The number of aromatic nitrogens is 4. The number of nitriles is 1. The maximum Gasteiger partial charge on any atom is 0.219 e. The average molecular weight is 572 g/mol. The van der Waals surface area contributed by atoms with Gasteiger partial charge >= 0.3 is 0 Å². The molecule has 0 bridgehead atoms. The molecule has 0 saturated heterocycles. The van der Waals surface area contributed by atoms with Gasteiger partial charge in [-0.3, -0.25) is 9.78 Å². The topological polar surface area (TPSA) is 113 Å². The van der Waals surface area contributed by atoms with E-state index in [1.165, 1.54) is 12.1 Å². The minimum absolute atomic E-state index is 0.00474. The van der Waals surface area contributed by atoms with Gasteiger partial charge in [0.15, 0.2) is 0 Å². The molecule has 218 valence electrons. The van der Waals surface area contributed by atoms with Gasteiger partial charge in [-0.1, -0.05) is 6.92 Å². The Bertz CT molecular complexity index is 1660. The summed E-state index contributed by atoms with van der Waals surface area (Å²) >= 11 is 0. The second kappa shape index (κ2) is 11.2. The van der Waals surface area contributed by atoms with E-state index in [2.05, 4.69) is 28.1 Å². The number of amides is 1. The Kier molecular flexibility index (Phi) is 7.82. The van der Waals surface area contributed by atoms with Gasteiger partial charge in [0.05, 0.1) is 34.5 Å². The van der Waals surface area contributed by atoms with Crippen LogP contribution in [0.2, 0.25) is 0 Å². The van der Waals surface area contributed by atoms with Gasteiger partial charge in [0.25, 0.3) is 0 Å². The fourth-order valence-corrected chi connectivity index (χ4v) is 6.29. The normalized spacial score (nSPS) is 20.8. The van der Waals surface area contributed by atoms with E-state index in [1.54, 1.807) is 54.7 Å². The van der Waals surface area contributed by atoms with Gasteiger partial charge in [0.2, 0.25) is 5.91 Å². The van der Waals surface area contributed by atoms with Crippen molar-refractivity contribution in [3.05, 3.63) is 83.1 Å². The lowest BCUT2D eigenvalue weighted by Gasteiger charge is -2.43. The molecule has 0 spiro atoms. The van der Waals surface area contributed by atoms with Crippen LogP contribution in [0.1, 0.15) is 69.0 Å². The molecule has 1 amide bonds. The molecule has 1 saturated carbocycles. The van der Waals surface area contributed by atoms with Crippen LogP contribution in [0.4, 0.5) is 8.78 Å². The minimum Gasteiger partial charge on any atom is -0.341 e. The Morgan fingerprint density at radius 1 is 1.19 bits per heavy atom. The van der Waals surface area contributed by atoms with E-state index in [4.69, 9.17) is 5.73 Å². The van der Waals surface area contributed by atoms with Crippen LogP contribution in [0.15, 0.2) is 48.9 Å². The third-order valence-electron chi connectivity index (χ3n) is 8.66. The van der Waals surface area contributed by atoms with Gasteiger partial charge in [-0.25, -0.2) is 18.3 Å². The summed E-state index contributed by atoms with van der Waals surface area (Å²) in [5.41, 5.74) is 8.48. The number of carbonyl (C=O) groups is 1. The number of imidazole rings is 1. The van der Waals surface area contributed by atoms with Crippen molar-refractivity contribution in [2.45, 2.75) is 70.4 Å². The molecule has 2 N–H and O–H groups in total. The number of pyridine rings is 1. The maximum atomic E-state index is 15.2. The fraction of sp³-hybridized carbons (Fsp3) is 0.406. The molecule has 1 aliphatic carbocycles. The highest BCUT2D eigenvalue weighted by Gasteiger charge is 2.38. The van der Waals surface area contributed by atoms with E-state index < -0.39 is 17.0 Å². The average Bonchev–Trinajstić information content (AvgIpc) is 3.34. The Hall–Kier alpha value is -4.23. The smallest absolute Gasteiger partial charge is 0.219 e. The molecule has 10 heteroatoms. The van der Waals surface area contributed by atoms with Crippen LogP contribution in [0.5, 0.6) is 0 Å². The van der Waals surface area contributed by atoms with E-state index in [9.17, 15) is 10.1 Å². The lowest BCUT2D eigenvalue weighted by Crippen LogP contribution is -2.54. The summed E-state index contributed by atoms with van der Waals surface area (Å²) in [7, 11) is 1.81. The molecule has 1 aliphatic rings. The van der Waals surface area contributed by atoms with Crippen molar-refractivity contribution in [1.29, 1.82) is 5.26 Å². The second-order valence-corrected chi connectivity index (χ2v) is 12.0. The van der Waals surface area contributed by atoms with Crippen molar-refractivity contribution in [1.82, 2.24) is 24.5 Å². The highest BCUT2D eigenvalue weighted by atomic mass is 19.1. The highest BCUT2D eigenvalue weighted by molar-refractivity contribution is 5.73. The van der Waals surface area contributed by atoms with Gasteiger partial charge in [0.1, 0.15) is 17.5 Å². The molecule has 4 atom stereocenters. The first-order valence-corrected chi connectivity index (χ1v) is 14.1. The number of hydrogen-bond donors (Lipinski definition) is 1. The number of nitrogens with two attached hydrogens (primary N) is 1. The number of benzene rings is 1. The summed E-state index contributed by atoms with van der Waals surface area (Å²) in [6.07, 6.45) is 7.27. The Morgan fingerprint density at radius 3 is 2.55 bits per heavy atom. The summed E-state index contributed by atoms with van der Waals surface area (Å²) in [6.45, 7) is 6.92. The number of carbonyl (C=O) groups excluding carboxylic acids is 1. The molecular weight excluding hydrogens is 536 g/mol. The Morgan fingerprint density at radius 2 is 1.90 bits per heavy atom. The zero-order valence-electron chi connectivity index (χ0n) is 24.5. The number of fused-ring (bicyclic) bond motifs is 1. The van der Waals surface area contributed by atoms with Crippen LogP contribution < -0.4 is 5.73 Å². The van der Waals surface area contributed by atoms with Gasteiger partial charge in [-0.2, -0.15) is 10.4 Å². The summed E-state index contributed by atoms with van der Waals surface area (Å²) in [4.78, 5) is 22.7. The third kappa shape index (κ3) is 5.37. The van der Waals surface area contributed by atoms with Gasteiger partial charge in [-0.05, 0) is 85.5 Å². The highest BCUT2D eigenvalue weighted by Crippen LogP contribution is 2.39. The number of halogens is 2. The number of hydrogen-bond acceptors (Lipinski definition) is 6. The van der Waals surface area contributed by atoms with Crippen molar-refractivity contribution in [3.8, 4) is 17.3 Å². The van der Waals surface area contributed by atoms with E-state index in [-0.39, 0.29) is 46.6 Å². The molecule has 3 heterocycles. The minimum atomic E-state index is -1.04. The van der Waals surface area contributed by atoms with Crippen LogP contribution in [-0.4, -0.2) is 49.5 Å². The predicted molar refractivity (Wildman–Crippen MR) is 155 cm³/mol. The summed E-state index contributed by atoms with van der Waals surface area (Å²) in [6, 6.07) is 9.57. The van der Waals surface area contributed by atoms with Crippen LogP contribution in [0.3, 0.4) is 0 Å².